The lowest BCUT2D eigenvalue weighted by atomic mass is 10.2. The van der Waals surface area contributed by atoms with Crippen LogP contribution in [0.1, 0.15) is 12.5 Å². The third-order valence-electron chi connectivity index (χ3n) is 2.58. The maximum absolute atomic E-state index is 4.13. The first kappa shape index (κ1) is 9.62. The molecule has 0 aromatic carbocycles. The van der Waals surface area contributed by atoms with Crippen LogP contribution in [0.5, 0.6) is 0 Å². The van der Waals surface area contributed by atoms with Crippen molar-refractivity contribution >= 4 is 0 Å². The summed E-state index contributed by atoms with van der Waals surface area (Å²) >= 11 is 0. The highest BCUT2D eigenvalue weighted by atomic mass is 15.2. The van der Waals surface area contributed by atoms with Crippen molar-refractivity contribution < 1.29 is 0 Å². The first-order chi connectivity index (χ1) is 6.84. The van der Waals surface area contributed by atoms with Gasteiger partial charge in [-0.15, -0.1) is 0 Å². The molecule has 2 rings (SSSR count). The first-order valence-electron chi connectivity index (χ1n) is 5.19. The number of piperazine rings is 1. The average Bonchev–Trinajstić information content (AvgIpc) is 2.19. The van der Waals surface area contributed by atoms with E-state index in [4.69, 9.17) is 0 Å². The molecule has 0 saturated carbocycles. The predicted octanol–water partition coefficient (Wildman–Crippen LogP) is 0.875. The number of nitrogens with zero attached hydrogens (tertiary/aromatic N) is 2. The molecule has 0 spiro atoms. The smallest absolute Gasteiger partial charge is 0.0312 e. The molecule has 1 unspecified atom stereocenters. The number of pyridine rings is 1. The molecule has 1 N–H and O–H groups in total. The number of rotatable bonds is 2. The summed E-state index contributed by atoms with van der Waals surface area (Å²) in [6.07, 6.45) is 3.77. The van der Waals surface area contributed by atoms with Crippen molar-refractivity contribution in [2.75, 3.05) is 19.6 Å². The molecule has 1 fully saturated rings. The maximum Gasteiger partial charge on any atom is 0.0312 e. The Bertz CT molecular complexity index is 273. The topological polar surface area (TPSA) is 28.2 Å². The molecule has 14 heavy (non-hydrogen) atoms. The molecule has 1 atom stereocenters. The lowest BCUT2D eigenvalue weighted by molar-refractivity contribution is 0.199. The van der Waals surface area contributed by atoms with Crippen LogP contribution >= 0.6 is 0 Å². The van der Waals surface area contributed by atoms with E-state index in [1.165, 1.54) is 5.56 Å². The fourth-order valence-electron chi connectivity index (χ4n) is 1.91. The van der Waals surface area contributed by atoms with E-state index in [2.05, 4.69) is 28.2 Å². The summed E-state index contributed by atoms with van der Waals surface area (Å²) in [5.74, 6) is 0. The van der Waals surface area contributed by atoms with Crippen molar-refractivity contribution in [3.05, 3.63) is 30.1 Å². The highest BCUT2D eigenvalue weighted by Crippen LogP contribution is 2.05. The van der Waals surface area contributed by atoms with Gasteiger partial charge in [-0.25, -0.2) is 0 Å². The Kier molecular flexibility index (Phi) is 3.11. The Labute approximate surface area is 85.1 Å². The van der Waals surface area contributed by atoms with Crippen molar-refractivity contribution in [2.24, 2.45) is 0 Å². The molecule has 0 amide bonds. The third kappa shape index (κ3) is 2.53. The first-order valence-corrected chi connectivity index (χ1v) is 5.19. The van der Waals surface area contributed by atoms with Crippen LogP contribution in [0.15, 0.2) is 24.5 Å². The van der Waals surface area contributed by atoms with E-state index in [1.807, 2.05) is 18.5 Å². The summed E-state index contributed by atoms with van der Waals surface area (Å²) in [5.41, 5.74) is 1.31. The van der Waals surface area contributed by atoms with Gasteiger partial charge in [-0.2, -0.15) is 0 Å². The molecule has 0 bridgehead atoms. The molecule has 1 aliphatic heterocycles. The van der Waals surface area contributed by atoms with Gasteiger partial charge in [0.05, 0.1) is 0 Å². The predicted molar refractivity (Wildman–Crippen MR) is 57.0 cm³/mol. The van der Waals surface area contributed by atoms with E-state index < -0.39 is 0 Å². The van der Waals surface area contributed by atoms with E-state index in [0.717, 1.165) is 26.2 Å². The summed E-state index contributed by atoms with van der Waals surface area (Å²) in [6, 6.07) is 4.75. The second-order valence-corrected chi connectivity index (χ2v) is 3.95. The van der Waals surface area contributed by atoms with Crippen LogP contribution in [-0.2, 0) is 6.54 Å². The largest absolute Gasteiger partial charge is 0.312 e. The second kappa shape index (κ2) is 4.53. The minimum Gasteiger partial charge on any atom is -0.312 e. The van der Waals surface area contributed by atoms with Gasteiger partial charge in [0.2, 0.25) is 0 Å². The second-order valence-electron chi connectivity index (χ2n) is 3.95. The zero-order chi connectivity index (χ0) is 9.80. The van der Waals surface area contributed by atoms with E-state index in [0.29, 0.717) is 6.04 Å². The lowest BCUT2D eigenvalue weighted by Crippen LogP contribution is -2.48. The minimum atomic E-state index is 0.612. The highest BCUT2D eigenvalue weighted by molar-refractivity contribution is 5.08. The van der Waals surface area contributed by atoms with Gasteiger partial charge in [0, 0.05) is 44.6 Å². The van der Waals surface area contributed by atoms with Gasteiger partial charge >= 0.3 is 0 Å². The molecule has 0 radical (unpaired) electrons. The third-order valence-corrected chi connectivity index (χ3v) is 2.58. The van der Waals surface area contributed by atoms with Crippen LogP contribution < -0.4 is 5.32 Å². The number of hydrogen-bond donors (Lipinski definition) is 1. The minimum absolute atomic E-state index is 0.612. The van der Waals surface area contributed by atoms with Gasteiger partial charge in [0.15, 0.2) is 0 Å². The Balaban J connectivity index is 1.91. The van der Waals surface area contributed by atoms with Crippen molar-refractivity contribution in [3.8, 4) is 0 Å². The van der Waals surface area contributed by atoms with Gasteiger partial charge in [-0.1, -0.05) is 6.07 Å². The van der Waals surface area contributed by atoms with Crippen LogP contribution in [0.25, 0.3) is 0 Å². The summed E-state index contributed by atoms with van der Waals surface area (Å²) in [7, 11) is 0. The number of aromatic nitrogens is 1. The van der Waals surface area contributed by atoms with E-state index in [9.17, 15) is 0 Å². The zero-order valence-corrected chi connectivity index (χ0v) is 8.61. The van der Waals surface area contributed by atoms with Gasteiger partial charge in [-0.05, 0) is 18.6 Å². The molecule has 3 nitrogen and oxygen atoms in total. The molecule has 2 heterocycles. The van der Waals surface area contributed by atoms with Crippen LogP contribution in [0.4, 0.5) is 0 Å². The van der Waals surface area contributed by atoms with Crippen molar-refractivity contribution in [2.45, 2.75) is 19.5 Å². The number of hydrogen-bond acceptors (Lipinski definition) is 3. The lowest BCUT2D eigenvalue weighted by Gasteiger charge is -2.31. The fraction of sp³-hybridized carbons (Fsp3) is 0.545. The zero-order valence-electron chi connectivity index (χ0n) is 8.61. The number of nitrogens with one attached hydrogen (secondary N) is 1. The van der Waals surface area contributed by atoms with Gasteiger partial charge < -0.3 is 5.32 Å². The molecule has 0 aliphatic carbocycles. The quantitative estimate of drug-likeness (QED) is 0.752. The molecule has 1 aliphatic rings. The van der Waals surface area contributed by atoms with Crippen LogP contribution in [0.3, 0.4) is 0 Å². The normalized spacial score (nSPS) is 23.6. The van der Waals surface area contributed by atoms with Crippen molar-refractivity contribution in [1.82, 2.24) is 15.2 Å². The molecule has 1 saturated heterocycles. The summed E-state index contributed by atoms with van der Waals surface area (Å²) < 4.78 is 0. The van der Waals surface area contributed by atoms with Crippen molar-refractivity contribution in [1.29, 1.82) is 0 Å². The average molecular weight is 191 g/mol. The Hall–Kier alpha value is -0.930. The summed E-state index contributed by atoms with van der Waals surface area (Å²) in [4.78, 5) is 6.60. The van der Waals surface area contributed by atoms with Crippen LogP contribution in [0, 0.1) is 0 Å². The molecular weight excluding hydrogens is 174 g/mol. The Morgan fingerprint density at radius 1 is 1.64 bits per heavy atom. The van der Waals surface area contributed by atoms with E-state index in [-0.39, 0.29) is 0 Å². The Morgan fingerprint density at radius 2 is 2.57 bits per heavy atom. The van der Waals surface area contributed by atoms with Crippen LogP contribution in [0.2, 0.25) is 0 Å². The van der Waals surface area contributed by atoms with E-state index in [1.54, 1.807) is 0 Å². The van der Waals surface area contributed by atoms with Crippen molar-refractivity contribution in [3.63, 3.8) is 0 Å². The fourth-order valence-corrected chi connectivity index (χ4v) is 1.91. The van der Waals surface area contributed by atoms with E-state index >= 15 is 0 Å². The Morgan fingerprint density at radius 3 is 3.29 bits per heavy atom. The summed E-state index contributed by atoms with van der Waals surface area (Å²) in [6.45, 7) is 6.63. The molecule has 1 aromatic rings. The highest BCUT2D eigenvalue weighted by Gasteiger charge is 2.14. The standard InChI is InChI=1S/C11H17N3/c1-10-8-14(6-5-13-10)9-11-3-2-4-12-7-11/h2-4,7,10,13H,5-6,8-9H2,1H3. The van der Waals surface area contributed by atoms with Gasteiger partial charge in [0.1, 0.15) is 0 Å². The SMILES string of the molecule is CC1CN(Cc2cccnc2)CCN1. The molecular formula is C11H17N3. The monoisotopic (exact) mass is 191 g/mol. The molecule has 3 heteroatoms. The summed E-state index contributed by atoms with van der Waals surface area (Å²) in [5, 5.41) is 3.44. The van der Waals surface area contributed by atoms with Crippen LogP contribution in [-0.4, -0.2) is 35.6 Å². The molecule has 1 aromatic heterocycles. The van der Waals surface area contributed by atoms with Gasteiger partial charge in [0.25, 0.3) is 0 Å². The maximum atomic E-state index is 4.13. The van der Waals surface area contributed by atoms with Gasteiger partial charge in [-0.3, -0.25) is 9.88 Å². The molecule has 76 valence electrons.